The molecule has 0 aliphatic heterocycles. The van der Waals surface area contributed by atoms with Crippen LogP contribution in [0.5, 0.6) is 0 Å². The van der Waals surface area contributed by atoms with Crippen LogP contribution >= 0.6 is 23.2 Å². The number of rotatable bonds is 2. The van der Waals surface area contributed by atoms with Gasteiger partial charge in [0.05, 0.1) is 16.1 Å². The number of nitrogens with zero attached hydrogens (tertiary/aromatic N) is 1. The lowest BCUT2D eigenvalue weighted by Crippen LogP contribution is -2.23. The Balaban J connectivity index is 2.03. The topological polar surface area (TPSA) is 35.8 Å². The van der Waals surface area contributed by atoms with Crippen LogP contribution in [0.2, 0.25) is 10.0 Å². The second-order valence-electron chi connectivity index (χ2n) is 5.24. The Hall–Kier alpha value is -1.69. The molecule has 1 N–H and O–H groups in total. The zero-order chi connectivity index (χ0) is 14.8. The van der Waals surface area contributed by atoms with E-state index in [0.717, 1.165) is 12.8 Å². The van der Waals surface area contributed by atoms with Gasteiger partial charge in [0.15, 0.2) is 6.19 Å². The molecule has 0 saturated heterocycles. The van der Waals surface area contributed by atoms with Gasteiger partial charge in [-0.25, -0.2) is 0 Å². The van der Waals surface area contributed by atoms with E-state index in [1.165, 1.54) is 16.7 Å². The average molecular weight is 317 g/mol. The predicted molar refractivity (Wildman–Crippen MR) is 85.5 cm³/mol. The lowest BCUT2D eigenvalue weighted by molar-refractivity contribution is 0.488. The van der Waals surface area contributed by atoms with Crippen molar-refractivity contribution in [1.29, 1.82) is 5.26 Å². The first-order valence-corrected chi connectivity index (χ1v) is 7.64. The molecule has 3 rings (SSSR count). The molecule has 2 aromatic carbocycles. The summed E-state index contributed by atoms with van der Waals surface area (Å²) in [5, 5.41) is 13.0. The maximum Gasteiger partial charge on any atom is 0.177 e. The normalized spacial score (nSPS) is 20.4. The SMILES string of the molecule is N#CN[C@H]1CC[C@@H](c2ccc(Cl)c(Cl)c2)c2ccccc21. The van der Waals surface area contributed by atoms with Crippen LogP contribution in [0.15, 0.2) is 42.5 Å². The van der Waals surface area contributed by atoms with Gasteiger partial charge in [-0.1, -0.05) is 53.5 Å². The molecule has 0 unspecified atom stereocenters. The highest BCUT2D eigenvalue weighted by Crippen LogP contribution is 2.42. The van der Waals surface area contributed by atoms with Crippen molar-refractivity contribution in [1.82, 2.24) is 5.32 Å². The predicted octanol–water partition coefficient (Wildman–Crippen LogP) is 5.03. The van der Waals surface area contributed by atoms with Crippen LogP contribution in [0.25, 0.3) is 0 Å². The summed E-state index contributed by atoms with van der Waals surface area (Å²) in [6.45, 7) is 0. The van der Waals surface area contributed by atoms with Crippen LogP contribution in [0.4, 0.5) is 0 Å². The van der Waals surface area contributed by atoms with Gasteiger partial charge in [0.1, 0.15) is 0 Å². The van der Waals surface area contributed by atoms with Crippen LogP contribution in [-0.4, -0.2) is 0 Å². The number of fused-ring (bicyclic) bond motifs is 1. The molecule has 21 heavy (non-hydrogen) atoms. The summed E-state index contributed by atoms with van der Waals surface area (Å²) < 4.78 is 0. The highest BCUT2D eigenvalue weighted by atomic mass is 35.5. The number of hydrogen-bond acceptors (Lipinski definition) is 2. The second-order valence-corrected chi connectivity index (χ2v) is 6.06. The van der Waals surface area contributed by atoms with Crippen molar-refractivity contribution >= 4 is 23.2 Å². The molecule has 2 atom stereocenters. The van der Waals surface area contributed by atoms with Gasteiger partial charge in [-0.3, -0.25) is 0 Å². The summed E-state index contributed by atoms with van der Waals surface area (Å²) in [6.07, 6.45) is 3.97. The minimum Gasteiger partial charge on any atom is -0.316 e. The average Bonchev–Trinajstić information content (AvgIpc) is 2.51. The van der Waals surface area contributed by atoms with Crippen molar-refractivity contribution in [3.8, 4) is 6.19 Å². The summed E-state index contributed by atoms with van der Waals surface area (Å²) in [7, 11) is 0. The lowest BCUT2D eigenvalue weighted by Gasteiger charge is -2.31. The Morgan fingerprint density at radius 1 is 1.00 bits per heavy atom. The fourth-order valence-electron chi connectivity index (χ4n) is 3.09. The molecular formula is C17H14Cl2N2. The van der Waals surface area contributed by atoms with Gasteiger partial charge in [-0.05, 0) is 41.7 Å². The molecule has 0 radical (unpaired) electrons. The number of halogens is 2. The molecular weight excluding hydrogens is 303 g/mol. The largest absolute Gasteiger partial charge is 0.316 e. The van der Waals surface area contributed by atoms with Crippen molar-refractivity contribution in [3.63, 3.8) is 0 Å². The summed E-state index contributed by atoms with van der Waals surface area (Å²) >= 11 is 12.2. The molecule has 0 saturated carbocycles. The third kappa shape index (κ3) is 2.72. The number of benzene rings is 2. The smallest absolute Gasteiger partial charge is 0.177 e. The molecule has 0 fully saturated rings. The monoisotopic (exact) mass is 316 g/mol. The van der Waals surface area contributed by atoms with E-state index in [-0.39, 0.29) is 6.04 Å². The van der Waals surface area contributed by atoms with Gasteiger partial charge in [0.25, 0.3) is 0 Å². The first-order chi connectivity index (χ1) is 10.2. The van der Waals surface area contributed by atoms with Crippen LogP contribution in [0.1, 0.15) is 41.5 Å². The quantitative estimate of drug-likeness (QED) is 0.623. The van der Waals surface area contributed by atoms with E-state index in [1.807, 2.05) is 30.3 Å². The summed E-state index contributed by atoms with van der Waals surface area (Å²) in [6, 6.07) is 14.2. The second kappa shape index (κ2) is 5.97. The molecule has 0 aromatic heterocycles. The minimum atomic E-state index is 0.102. The van der Waals surface area contributed by atoms with Crippen molar-refractivity contribution < 1.29 is 0 Å². The molecule has 4 heteroatoms. The Morgan fingerprint density at radius 3 is 2.48 bits per heavy atom. The first-order valence-electron chi connectivity index (χ1n) is 6.89. The van der Waals surface area contributed by atoms with E-state index in [4.69, 9.17) is 28.5 Å². The van der Waals surface area contributed by atoms with Crippen LogP contribution in [-0.2, 0) is 0 Å². The number of nitrogens with one attached hydrogen (secondary N) is 1. The van der Waals surface area contributed by atoms with Gasteiger partial charge in [0.2, 0.25) is 0 Å². The van der Waals surface area contributed by atoms with Crippen LogP contribution in [0, 0.1) is 11.5 Å². The Morgan fingerprint density at radius 2 is 1.76 bits per heavy atom. The molecule has 106 valence electrons. The zero-order valence-electron chi connectivity index (χ0n) is 11.3. The third-order valence-electron chi connectivity index (χ3n) is 4.08. The summed E-state index contributed by atoms with van der Waals surface area (Å²) in [4.78, 5) is 0. The van der Waals surface area contributed by atoms with E-state index in [9.17, 15) is 0 Å². The molecule has 2 aromatic rings. The van der Waals surface area contributed by atoms with E-state index in [2.05, 4.69) is 23.6 Å². The fourth-order valence-corrected chi connectivity index (χ4v) is 3.40. The van der Waals surface area contributed by atoms with Gasteiger partial charge >= 0.3 is 0 Å². The van der Waals surface area contributed by atoms with Gasteiger partial charge in [0, 0.05) is 5.92 Å². The molecule has 2 nitrogen and oxygen atoms in total. The van der Waals surface area contributed by atoms with E-state index >= 15 is 0 Å². The van der Waals surface area contributed by atoms with E-state index < -0.39 is 0 Å². The minimum absolute atomic E-state index is 0.102. The van der Waals surface area contributed by atoms with Crippen molar-refractivity contribution in [2.24, 2.45) is 0 Å². The molecule has 1 aliphatic carbocycles. The van der Waals surface area contributed by atoms with Gasteiger partial charge in [-0.15, -0.1) is 0 Å². The summed E-state index contributed by atoms with van der Waals surface area (Å²) in [5.41, 5.74) is 3.63. The van der Waals surface area contributed by atoms with E-state index in [0.29, 0.717) is 16.0 Å². The maximum absolute atomic E-state index is 8.90. The zero-order valence-corrected chi connectivity index (χ0v) is 12.8. The van der Waals surface area contributed by atoms with Crippen LogP contribution < -0.4 is 5.32 Å². The van der Waals surface area contributed by atoms with Crippen molar-refractivity contribution in [2.75, 3.05) is 0 Å². The van der Waals surface area contributed by atoms with E-state index in [1.54, 1.807) is 0 Å². The standard InChI is InChI=1S/C17H14Cl2N2/c18-15-7-5-11(9-16(15)19)12-6-8-17(21-10-20)14-4-2-1-3-13(12)14/h1-5,7,9,12,17,21H,6,8H2/t12-,17-/m0/s1. The van der Waals surface area contributed by atoms with Gasteiger partial charge in [-0.2, -0.15) is 5.26 Å². The van der Waals surface area contributed by atoms with Crippen LogP contribution in [0.3, 0.4) is 0 Å². The third-order valence-corrected chi connectivity index (χ3v) is 4.81. The van der Waals surface area contributed by atoms with Crippen molar-refractivity contribution in [2.45, 2.75) is 24.8 Å². The maximum atomic E-state index is 8.90. The Labute approximate surface area is 134 Å². The van der Waals surface area contributed by atoms with Crippen molar-refractivity contribution in [3.05, 3.63) is 69.2 Å². The Bertz CT molecular complexity index is 706. The molecule has 0 spiro atoms. The molecule has 0 amide bonds. The highest BCUT2D eigenvalue weighted by molar-refractivity contribution is 6.42. The van der Waals surface area contributed by atoms with Gasteiger partial charge < -0.3 is 5.32 Å². The number of nitriles is 1. The Kier molecular flexibility index (Phi) is 4.05. The molecule has 0 heterocycles. The summed E-state index contributed by atoms with van der Waals surface area (Å²) in [5.74, 6) is 0.299. The highest BCUT2D eigenvalue weighted by Gasteiger charge is 2.27. The first kappa shape index (κ1) is 14.3. The number of hydrogen-bond donors (Lipinski definition) is 1. The molecule has 0 bridgehead atoms. The lowest BCUT2D eigenvalue weighted by atomic mass is 9.77. The fraction of sp³-hybridized carbons (Fsp3) is 0.235. The molecule has 1 aliphatic rings.